The normalized spacial score (nSPS) is 16.4. The largest absolute Gasteiger partial charge is 0.340 e. The van der Waals surface area contributed by atoms with Gasteiger partial charge in [-0.1, -0.05) is 13.3 Å². The van der Waals surface area contributed by atoms with E-state index in [9.17, 15) is 4.79 Å². The van der Waals surface area contributed by atoms with Crippen molar-refractivity contribution in [3.05, 3.63) is 22.1 Å². The van der Waals surface area contributed by atoms with Crippen LogP contribution in [0.3, 0.4) is 0 Å². The van der Waals surface area contributed by atoms with Crippen LogP contribution in [0.25, 0.3) is 0 Å². The van der Waals surface area contributed by atoms with E-state index in [1.807, 2.05) is 0 Å². The number of hydrogen-bond acceptors (Lipinski definition) is 4. The van der Waals surface area contributed by atoms with Gasteiger partial charge in [0.25, 0.3) is 5.56 Å². The van der Waals surface area contributed by atoms with E-state index in [0.29, 0.717) is 0 Å². The Morgan fingerprint density at radius 3 is 2.88 bits per heavy atom. The van der Waals surface area contributed by atoms with E-state index in [-0.39, 0.29) is 5.56 Å². The second kappa shape index (κ2) is 5.12. The van der Waals surface area contributed by atoms with Gasteiger partial charge in [-0.05, 0) is 6.42 Å². The molecule has 0 amide bonds. The van der Waals surface area contributed by atoms with Crippen LogP contribution in [-0.4, -0.2) is 36.1 Å². The highest BCUT2D eigenvalue weighted by Crippen LogP contribution is 2.07. The SMILES string of the molecule is CCCc1cc(=O)[nH]c(N2CCNCC2)n1. The minimum atomic E-state index is -0.0491. The number of anilines is 1. The molecule has 1 saturated heterocycles. The second-order valence-electron chi connectivity index (χ2n) is 4.05. The molecule has 2 heterocycles. The van der Waals surface area contributed by atoms with Crippen molar-refractivity contribution in [1.29, 1.82) is 0 Å². The molecule has 1 aromatic heterocycles. The van der Waals surface area contributed by atoms with Crippen molar-refractivity contribution < 1.29 is 0 Å². The first-order valence-electron chi connectivity index (χ1n) is 5.85. The number of nitrogens with one attached hydrogen (secondary N) is 2. The first-order valence-corrected chi connectivity index (χ1v) is 5.85. The van der Waals surface area contributed by atoms with Crippen LogP contribution in [-0.2, 0) is 6.42 Å². The lowest BCUT2D eigenvalue weighted by molar-refractivity contribution is 0.578. The van der Waals surface area contributed by atoms with Crippen molar-refractivity contribution in [2.24, 2.45) is 0 Å². The number of aromatic amines is 1. The molecule has 1 aromatic rings. The Hall–Kier alpha value is -1.36. The molecule has 88 valence electrons. The smallest absolute Gasteiger partial charge is 0.252 e. The maximum atomic E-state index is 11.5. The molecule has 5 heteroatoms. The molecule has 0 spiro atoms. The molecule has 1 aliphatic rings. The van der Waals surface area contributed by atoms with Gasteiger partial charge in [-0.15, -0.1) is 0 Å². The minimum Gasteiger partial charge on any atom is -0.340 e. The molecule has 0 aliphatic carbocycles. The topological polar surface area (TPSA) is 61.0 Å². The molecule has 0 radical (unpaired) electrons. The van der Waals surface area contributed by atoms with Crippen LogP contribution >= 0.6 is 0 Å². The van der Waals surface area contributed by atoms with Crippen molar-refractivity contribution in [1.82, 2.24) is 15.3 Å². The number of nitrogens with zero attached hydrogens (tertiary/aromatic N) is 2. The summed E-state index contributed by atoms with van der Waals surface area (Å²) in [4.78, 5) is 20.9. The van der Waals surface area contributed by atoms with Crippen LogP contribution in [0.4, 0.5) is 5.95 Å². The molecule has 1 fully saturated rings. The summed E-state index contributed by atoms with van der Waals surface area (Å²) in [6.07, 6.45) is 1.88. The molecule has 5 nitrogen and oxygen atoms in total. The maximum Gasteiger partial charge on any atom is 0.252 e. The van der Waals surface area contributed by atoms with Crippen LogP contribution in [0.5, 0.6) is 0 Å². The average molecular weight is 222 g/mol. The molecule has 0 bridgehead atoms. The van der Waals surface area contributed by atoms with Gasteiger partial charge in [0, 0.05) is 37.9 Å². The standard InChI is InChI=1S/C11H18N4O/c1-2-3-9-8-10(16)14-11(13-9)15-6-4-12-5-7-15/h8,12H,2-7H2,1H3,(H,13,14,16). The fraction of sp³-hybridized carbons (Fsp3) is 0.636. The third-order valence-corrected chi connectivity index (χ3v) is 2.70. The van der Waals surface area contributed by atoms with Crippen LogP contribution < -0.4 is 15.8 Å². The summed E-state index contributed by atoms with van der Waals surface area (Å²) in [6, 6.07) is 1.59. The zero-order valence-electron chi connectivity index (χ0n) is 9.62. The van der Waals surface area contributed by atoms with Gasteiger partial charge in [0.05, 0.1) is 0 Å². The van der Waals surface area contributed by atoms with Crippen molar-refractivity contribution in [2.45, 2.75) is 19.8 Å². The van der Waals surface area contributed by atoms with Crippen LogP contribution in [0.2, 0.25) is 0 Å². The summed E-state index contributed by atoms with van der Waals surface area (Å²) < 4.78 is 0. The fourth-order valence-corrected chi connectivity index (χ4v) is 1.90. The molecular formula is C11H18N4O. The van der Waals surface area contributed by atoms with E-state index >= 15 is 0 Å². The van der Waals surface area contributed by atoms with Gasteiger partial charge in [-0.25, -0.2) is 4.98 Å². The maximum absolute atomic E-state index is 11.5. The van der Waals surface area contributed by atoms with E-state index in [0.717, 1.165) is 50.7 Å². The van der Waals surface area contributed by atoms with Crippen LogP contribution in [0.15, 0.2) is 10.9 Å². The number of piperazine rings is 1. The van der Waals surface area contributed by atoms with Crippen molar-refractivity contribution in [2.75, 3.05) is 31.1 Å². The number of H-pyrrole nitrogens is 1. The van der Waals surface area contributed by atoms with E-state index < -0.39 is 0 Å². The number of aryl methyl sites for hydroxylation is 1. The number of rotatable bonds is 3. The Kier molecular flexibility index (Phi) is 3.56. The quantitative estimate of drug-likeness (QED) is 0.763. The first kappa shape index (κ1) is 11.1. The van der Waals surface area contributed by atoms with E-state index in [1.54, 1.807) is 6.07 Å². The zero-order valence-corrected chi connectivity index (χ0v) is 9.62. The predicted molar refractivity (Wildman–Crippen MR) is 63.9 cm³/mol. The molecule has 2 rings (SSSR count). The molecular weight excluding hydrogens is 204 g/mol. The first-order chi connectivity index (χ1) is 7.79. The highest BCUT2D eigenvalue weighted by molar-refractivity contribution is 5.31. The molecule has 16 heavy (non-hydrogen) atoms. The van der Waals surface area contributed by atoms with E-state index in [4.69, 9.17) is 0 Å². The summed E-state index contributed by atoms with van der Waals surface area (Å²) in [5.41, 5.74) is 0.840. The summed E-state index contributed by atoms with van der Waals surface area (Å²) in [6.45, 7) is 5.79. The van der Waals surface area contributed by atoms with Gasteiger partial charge in [-0.2, -0.15) is 0 Å². The summed E-state index contributed by atoms with van der Waals surface area (Å²) in [7, 11) is 0. The Bertz CT molecular complexity index is 395. The zero-order chi connectivity index (χ0) is 11.4. The second-order valence-corrected chi connectivity index (χ2v) is 4.05. The average Bonchev–Trinajstić information content (AvgIpc) is 2.30. The number of hydrogen-bond donors (Lipinski definition) is 2. The van der Waals surface area contributed by atoms with Gasteiger partial charge in [0.2, 0.25) is 5.95 Å². The molecule has 2 N–H and O–H groups in total. The lowest BCUT2D eigenvalue weighted by Gasteiger charge is -2.27. The molecule has 0 unspecified atom stereocenters. The Morgan fingerprint density at radius 1 is 1.44 bits per heavy atom. The Morgan fingerprint density at radius 2 is 2.19 bits per heavy atom. The Labute approximate surface area is 94.9 Å². The van der Waals surface area contributed by atoms with Gasteiger partial charge in [0.1, 0.15) is 0 Å². The highest BCUT2D eigenvalue weighted by Gasteiger charge is 2.13. The summed E-state index contributed by atoms with van der Waals surface area (Å²) >= 11 is 0. The van der Waals surface area contributed by atoms with E-state index in [2.05, 4.69) is 27.1 Å². The fourth-order valence-electron chi connectivity index (χ4n) is 1.90. The summed E-state index contributed by atoms with van der Waals surface area (Å²) in [5, 5.41) is 3.28. The van der Waals surface area contributed by atoms with Crippen molar-refractivity contribution in [3.63, 3.8) is 0 Å². The molecule has 0 aromatic carbocycles. The third-order valence-electron chi connectivity index (χ3n) is 2.70. The molecule has 0 atom stereocenters. The lowest BCUT2D eigenvalue weighted by Crippen LogP contribution is -2.44. The van der Waals surface area contributed by atoms with Gasteiger partial charge in [0.15, 0.2) is 0 Å². The van der Waals surface area contributed by atoms with Gasteiger partial charge < -0.3 is 10.2 Å². The molecule has 1 aliphatic heterocycles. The van der Waals surface area contributed by atoms with Gasteiger partial charge in [-0.3, -0.25) is 9.78 Å². The highest BCUT2D eigenvalue weighted by atomic mass is 16.1. The monoisotopic (exact) mass is 222 g/mol. The minimum absolute atomic E-state index is 0.0491. The molecule has 0 saturated carbocycles. The van der Waals surface area contributed by atoms with Crippen molar-refractivity contribution >= 4 is 5.95 Å². The third kappa shape index (κ3) is 2.61. The predicted octanol–water partition coefficient (Wildman–Crippen LogP) is 0.132. The van der Waals surface area contributed by atoms with Crippen LogP contribution in [0.1, 0.15) is 19.0 Å². The van der Waals surface area contributed by atoms with E-state index in [1.165, 1.54) is 0 Å². The number of aromatic nitrogens is 2. The van der Waals surface area contributed by atoms with Crippen molar-refractivity contribution in [3.8, 4) is 0 Å². The Balaban J connectivity index is 2.21. The van der Waals surface area contributed by atoms with Gasteiger partial charge >= 0.3 is 0 Å². The lowest BCUT2D eigenvalue weighted by atomic mass is 10.2. The summed E-state index contributed by atoms with van der Waals surface area (Å²) in [5.74, 6) is 0.720. The van der Waals surface area contributed by atoms with Crippen LogP contribution in [0, 0.1) is 0 Å².